The topological polar surface area (TPSA) is 102 Å². The minimum atomic E-state index is -3.83. The Kier molecular flexibility index (Phi) is 5.26. The normalized spacial score (nSPS) is 11.3. The fourth-order valence-electron chi connectivity index (χ4n) is 2.07. The van der Waals surface area contributed by atoms with Gasteiger partial charge in [0.05, 0.1) is 4.90 Å². The van der Waals surface area contributed by atoms with Crippen molar-refractivity contribution in [1.29, 1.82) is 0 Å². The van der Waals surface area contributed by atoms with Crippen LogP contribution in [0.3, 0.4) is 0 Å². The summed E-state index contributed by atoms with van der Waals surface area (Å²) in [5, 5.41) is 10.6. The molecule has 0 unspecified atom stereocenters. The van der Waals surface area contributed by atoms with E-state index in [4.69, 9.17) is 27.6 Å². The molecule has 1 heterocycles. The number of rotatable bonds is 5. The first-order valence-electron chi connectivity index (χ1n) is 7.21. The number of sulfone groups is 1. The van der Waals surface area contributed by atoms with Crippen LogP contribution in [0.1, 0.15) is 0 Å². The molecule has 0 saturated heterocycles. The van der Waals surface area contributed by atoms with E-state index in [-0.39, 0.29) is 16.8 Å². The first kappa shape index (κ1) is 18.4. The van der Waals surface area contributed by atoms with Gasteiger partial charge in [-0.1, -0.05) is 34.4 Å². The second-order valence-corrected chi connectivity index (χ2v) is 8.05. The van der Waals surface area contributed by atoms with E-state index < -0.39 is 21.5 Å². The number of amides is 1. The van der Waals surface area contributed by atoms with Crippen LogP contribution in [0.5, 0.6) is 0 Å². The predicted octanol–water partition coefficient (Wildman–Crippen LogP) is 3.46. The molecule has 0 aliphatic rings. The van der Waals surface area contributed by atoms with Crippen molar-refractivity contribution in [2.75, 3.05) is 11.1 Å². The molecular weight excluding hydrogens is 401 g/mol. The molecule has 3 rings (SSSR count). The van der Waals surface area contributed by atoms with Crippen molar-refractivity contribution in [3.63, 3.8) is 0 Å². The van der Waals surface area contributed by atoms with E-state index in [2.05, 4.69) is 15.5 Å². The van der Waals surface area contributed by atoms with Crippen LogP contribution in [0.25, 0.3) is 11.5 Å². The molecule has 10 heteroatoms. The number of hydrogen-bond acceptors (Lipinski definition) is 6. The molecule has 1 aromatic heterocycles. The number of nitrogens with zero attached hydrogens (tertiary/aromatic N) is 2. The molecule has 0 atom stereocenters. The van der Waals surface area contributed by atoms with Gasteiger partial charge in [0.2, 0.25) is 11.8 Å². The first-order valence-corrected chi connectivity index (χ1v) is 9.62. The third kappa shape index (κ3) is 4.40. The van der Waals surface area contributed by atoms with Crippen LogP contribution in [0, 0.1) is 0 Å². The fraction of sp³-hybridized carbons (Fsp3) is 0.0625. The number of carbonyl (C=O) groups is 1. The molecule has 7 nitrogen and oxygen atoms in total. The lowest BCUT2D eigenvalue weighted by atomic mass is 10.2. The molecule has 1 N–H and O–H groups in total. The molecule has 2 aromatic carbocycles. The molecule has 134 valence electrons. The summed E-state index contributed by atoms with van der Waals surface area (Å²) in [4.78, 5) is 12.0. The van der Waals surface area contributed by atoms with Crippen molar-refractivity contribution in [2.24, 2.45) is 0 Å². The van der Waals surface area contributed by atoms with Gasteiger partial charge in [-0.15, -0.1) is 5.10 Å². The summed E-state index contributed by atoms with van der Waals surface area (Å²) in [6.07, 6.45) is 0. The van der Waals surface area contributed by atoms with E-state index in [0.29, 0.717) is 15.6 Å². The SMILES string of the molecule is O=C(CS(=O)(=O)c1ccc(Cl)cc1)Nc1nnc(-c2cccc(Cl)c2)o1. The lowest BCUT2D eigenvalue weighted by molar-refractivity contribution is -0.114. The second-order valence-electron chi connectivity index (χ2n) is 5.18. The van der Waals surface area contributed by atoms with Crippen molar-refractivity contribution < 1.29 is 17.6 Å². The quantitative estimate of drug-likeness (QED) is 0.689. The zero-order chi connectivity index (χ0) is 18.7. The number of carbonyl (C=O) groups excluding carboxylic acids is 1. The lowest BCUT2D eigenvalue weighted by Crippen LogP contribution is -2.23. The van der Waals surface area contributed by atoms with Crippen LogP contribution in [0.2, 0.25) is 10.0 Å². The molecule has 3 aromatic rings. The number of anilines is 1. The molecule has 0 fully saturated rings. The number of nitrogens with one attached hydrogen (secondary N) is 1. The number of benzene rings is 2. The van der Waals surface area contributed by atoms with E-state index in [9.17, 15) is 13.2 Å². The van der Waals surface area contributed by atoms with Crippen LogP contribution in [-0.2, 0) is 14.6 Å². The maximum absolute atomic E-state index is 12.2. The third-order valence-electron chi connectivity index (χ3n) is 3.24. The van der Waals surface area contributed by atoms with E-state index in [0.717, 1.165) is 0 Å². The van der Waals surface area contributed by atoms with E-state index in [1.54, 1.807) is 24.3 Å². The summed E-state index contributed by atoms with van der Waals surface area (Å²) >= 11 is 11.6. The lowest BCUT2D eigenvalue weighted by Gasteiger charge is -2.04. The smallest absolute Gasteiger partial charge is 0.322 e. The average Bonchev–Trinajstić information content (AvgIpc) is 3.03. The van der Waals surface area contributed by atoms with Crippen molar-refractivity contribution in [2.45, 2.75) is 4.90 Å². The highest BCUT2D eigenvalue weighted by atomic mass is 35.5. The number of halogens is 2. The zero-order valence-electron chi connectivity index (χ0n) is 13.0. The summed E-state index contributed by atoms with van der Waals surface area (Å²) in [7, 11) is -3.83. The van der Waals surface area contributed by atoms with Crippen molar-refractivity contribution >= 4 is 45.0 Å². The fourth-order valence-corrected chi connectivity index (χ4v) is 3.52. The van der Waals surface area contributed by atoms with E-state index in [1.165, 1.54) is 24.3 Å². The van der Waals surface area contributed by atoms with Crippen molar-refractivity contribution in [3.8, 4) is 11.5 Å². The molecule has 0 aliphatic heterocycles. The largest absolute Gasteiger partial charge is 0.403 e. The minimum Gasteiger partial charge on any atom is -0.403 e. The highest BCUT2D eigenvalue weighted by Crippen LogP contribution is 2.23. The molecule has 0 spiro atoms. The van der Waals surface area contributed by atoms with Gasteiger partial charge in [-0.05, 0) is 42.5 Å². The van der Waals surface area contributed by atoms with Crippen molar-refractivity contribution in [1.82, 2.24) is 10.2 Å². The van der Waals surface area contributed by atoms with Gasteiger partial charge < -0.3 is 4.42 Å². The van der Waals surface area contributed by atoms with Gasteiger partial charge in [-0.25, -0.2) is 8.42 Å². The van der Waals surface area contributed by atoms with Gasteiger partial charge in [-0.3, -0.25) is 10.1 Å². The minimum absolute atomic E-state index is 0.0119. The van der Waals surface area contributed by atoms with Crippen LogP contribution in [0.4, 0.5) is 6.01 Å². The Morgan fingerprint density at radius 2 is 1.77 bits per heavy atom. The molecule has 1 amide bonds. The van der Waals surface area contributed by atoms with Crippen molar-refractivity contribution in [3.05, 3.63) is 58.6 Å². The Labute approximate surface area is 158 Å². The Hall–Kier alpha value is -2.42. The monoisotopic (exact) mass is 411 g/mol. The van der Waals surface area contributed by atoms with Gasteiger partial charge in [0.1, 0.15) is 5.75 Å². The summed E-state index contributed by atoms with van der Waals surface area (Å²) in [6.45, 7) is 0. The Balaban J connectivity index is 1.70. The highest BCUT2D eigenvalue weighted by Gasteiger charge is 2.21. The number of aromatic nitrogens is 2. The van der Waals surface area contributed by atoms with Gasteiger partial charge in [0, 0.05) is 15.6 Å². The standard InChI is InChI=1S/C16H11Cl2N3O4S/c17-11-4-6-13(7-5-11)26(23,24)9-14(22)19-16-21-20-15(25-16)10-2-1-3-12(18)8-10/h1-8H,9H2,(H,19,21,22). The van der Waals surface area contributed by atoms with Gasteiger partial charge in [0.25, 0.3) is 0 Å². The molecule has 0 radical (unpaired) electrons. The van der Waals surface area contributed by atoms with Crippen LogP contribution in [0.15, 0.2) is 57.8 Å². The third-order valence-corrected chi connectivity index (χ3v) is 5.36. The molecular formula is C16H11Cl2N3O4S. The Morgan fingerprint density at radius 3 is 2.46 bits per heavy atom. The van der Waals surface area contributed by atoms with Gasteiger partial charge in [0.15, 0.2) is 9.84 Å². The van der Waals surface area contributed by atoms with Crippen LogP contribution < -0.4 is 5.32 Å². The summed E-state index contributed by atoms with van der Waals surface area (Å²) < 4.78 is 29.8. The molecule has 26 heavy (non-hydrogen) atoms. The predicted molar refractivity (Wildman–Crippen MR) is 96.9 cm³/mol. The van der Waals surface area contributed by atoms with Crippen LogP contribution in [-0.4, -0.2) is 30.3 Å². The molecule has 0 saturated carbocycles. The summed E-state index contributed by atoms with van der Waals surface area (Å²) in [6, 6.07) is 12.0. The van der Waals surface area contributed by atoms with Crippen LogP contribution >= 0.6 is 23.2 Å². The number of hydrogen-bond donors (Lipinski definition) is 1. The van der Waals surface area contributed by atoms with E-state index >= 15 is 0 Å². The van der Waals surface area contributed by atoms with Gasteiger partial charge in [-0.2, -0.15) is 0 Å². The maximum Gasteiger partial charge on any atom is 0.322 e. The molecule has 0 bridgehead atoms. The van der Waals surface area contributed by atoms with Gasteiger partial charge >= 0.3 is 6.01 Å². The molecule has 0 aliphatic carbocycles. The summed E-state index contributed by atoms with van der Waals surface area (Å²) in [5.74, 6) is -1.44. The zero-order valence-corrected chi connectivity index (χ0v) is 15.3. The highest BCUT2D eigenvalue weighted by molar-refractivity contribution is 7.92. The Bertz CT molecular complexity index is 1050. The average molecular weight is 412 g/mol. The summed E-state index contributed by atoms with van der Waals surface area (Å²) in [5.41, 5.74) is 0.569. The first-order chi connectivity index (χ1) is 12.3. The Morgan fingerprint density at radius 1 is 1.04 bits per heavy atom. The van der Waals surface area contributed by atoms with E-state index in [1.807, 2.05) is 0 Å². The second kappa shape index (κ2) is 7.45. The maximum atomic E-state index is 12.2.